The minimum absolute atomic E-state index is 0.113. The quantitative estimate of drug-likeness (QED) is 0.908. The van der Waals surface area contributed by atoms with E-state index in [1.54, 1.807) is 19.4 Å². The molecule has 0 bridgehead atoms. The van der Waals surface area contributed by atoms with Gasteiger partial charge in [-0.25, -0.2) is 0 Å². The van der Waals surface area contributed by atoms with E-state index in [2.05, 4.69) is 11.9 Å². The van der Waals surface area contributed by atoms with Gasteiger partial charge in [0.25, 0.3) is 0 Å². The number of aliphatic hydroxyl groups is 1. The molecule has 0 atom stereocenters. The van der Waals surface area contributed by atoms with Crippen LogP contribution in [0, 0.1) is 6.92 Å². The van der Waals surface area contributed by atoms with E-state index in [0.29, 0.717) is 22.8 Å². The Labute approximate surface area is 119 Å². The third-order valence-corrected chi connectivity index (χ3v) is 3.11. The smallest absolute Gasteiger partial charge is 0.169 e. The van der Waals surface area contributed by atoms with Gasteiger partial charge in [0.1, 0.15) is 5.75 Å². The van der Waals surface area contributed by atoms with Crippen molar-refractivity contribution in [3.8, 4) is 17.2 Å². The largest absolute Gasteiger partial charge is 0.493 e. The van der Waals surface area contributed by atoms with Crippen LogP contribution >= 0.6 is 0 Å². The first kappa shape index (κ1) is 14.3. The molecule has 106 valence electrons. The summed E-state index contributed by atoms with van der Waals surface area (Å²) >= 11 is 0. The second-order valence-corrected chi connectivity index (χ2v) is 4.53. The number of aromatic nitrogens is 1. The van der Waals surface area contributed by atoms with Crippen molar-refractivity contribution in [2.45, 2.75) is 26.9 Å². The molecule has 0 spiro atoms. The molecule has 1 N–H and O–H groups in total. The van der Waals surface area contributed by atoms with Crippen LogP contribution in [-0.2, 0) is 13.0 Å². The fraction of sp³-hybridized carbons (Fsp3) is 0.312. The van der Waals surface area contributed by atoms with Crippen LogP contribution in [-0.4, -0.2) is 17.2 Å². The number of aryl methyl sites for hydroxylation is 2. The lowest BCUT2D eigenvalue weighted by atomic mass is 10.1. The molecular weight excluding hydrogens is 254 g/mol. The van der Waals surface area contributed by atoms with E-state index in [4.69, 9.17) is 9.47 Å². The van der Waals surface area contributed by atoms with Gasteiger partial charge < -0.3 is 14.6 Å². The normalized spacial score (nSPS) is 10.4. The zero-order chi connectivity index (χ0) is 14.5. The van der Waals surface area contributed by atoms with Gasteiger partial charge in [-0.15, -0.1) is 0 Å². The lowest BCUT2D eigenvalue weighted by Gasteiger charge is -2.14. The van der Waals surface area contributed by atoms with E-state index in [-0.39, 0.29) is 6.61 Å². The fourth-order valence-electron chi connectivity index (χ4n) is 1.91. The average Bonchev–Trinajstić information content (AvgIpc) is 2.48. The topological polar surface area (TPSA) is 51.6 Å². The number of benzene rings is 1. The molecule has 0 fully saturated rings. The number of hydrogen-bond donors (Lipinski definition) is 1. The Morgan fingerprint density at radius 2 is 1.95 bits per heavy atom. The highest BCUT2D eigenvalue weighted by molar-refractivity contribution is 5.46. The first-order valence-electron chi connectivity index (χ1n) is 6.59. The molecule has 1 aromatic carbocycles. The number of nitrogens with zero attached hydrogens (tertiary/aromatic N) is 1. The number of methoxy groups -OCH3 is 1. The highest BCUT2D eigenvalue weighted by Crippen LogP contribution is 2.34. The summed E-state index contributed by atoms with van der Waals surface area (Å²) in [5.41, 5.74) is 2.67. The van der Waals surface area contributed by atoms with Gasteiger partial charge >= 0.3 is 0 Å². The maximum absolute atomic E-state index is 9.34. The van der Waals surface area contributed by atoms with Crippen molar-refractivity contribution in [2.24, 2.45) is 0 Å². The summed E-state index contributed by atoms with van der Waals surface area (Å²) in [6, 6.07) is 7.65. The summed E-state index contributed by atoms with van der Waals surface area (Å²) in [5, 5.41) is 9.34. The summed E-state index contributed by atoms with van der Waals surface area (Å²) in [5.74, 6) is 1.91. The predicted octanol–water partition coefficient (Wildman–Crippen LogP) is 3.25. The van der Waals surface area contributed by atoms with E-state index in [1.165, 1.54) is 5.56 Å². The van der Waals surface area contributed by atoms with Gasteiger partial charge in [0.2, 0.25) is 0 Å². The Hall–Kier alpha value is -2.07. The SMILES string of the molecule is CCc1ccc(Oc2cc(C)ncc2CO)c(OC)c1. The summed E-state index contributed by atoms with van der Waals surface area (Å²) < 4.78 is 11.2. The van der Waals surface area contributed by atoms with Crippen LogP contribution < -0.4 is 9.47 Å². The van der Waals surface area contributed by atoms with E-state index in [1.807, 2.05) is 25.1 Å². The van der Waals surface area contributed by atoms with Gasteiger partial charge in [-0.3, -0.25) is 4.98 Å². The third-order valence-electron chi connectivity index (χ3n) is 3.11. The molecule has 0 aliphatic rings. The van der Waals surface area contributed by atoms with Crippen molar-refractivity contribution in [3.63, 3.8) is 0 Å². The van der Waals surface area contributed by atoms with Gasteiger partial charge in [0.15, 0.2) is 11.5 Å². The lowest BCUT2D eigenvalue weighted by molar-refractivity contribution is 0.275. The lowest BCUT2D eigenvalue weighted by Crippen LogP contribution is -1.97. The van der Waals surface area contributed by atoms with Crippen LogP contribution in [0.15, 0.2) is 30.5 Å². The number of aliphatic hydroxyl groups excluding tert-OH is 1. The second-order valence-electron chi connectivity index (χ2n) is 4.53. The van der Waals surface area contributed by atoms with E-state index >= 15 is 0 Å². The van der Waals surface area contributed by atoms with E-state index in [9.17, 15) is 5.11 Å². The highest BCUT2D eigenvalue weighted by atomic mass is 16.5. The molecule has 0 amide bonds. The minimum Gasteiger partial charge on any atom is -0.493 e. The van der Waals surface area contributed by atoms with Crippen molar-refractivity contribution in [1.82, 2.24) is 4.98 Å². The van der Waals surface area contributed by atoms with Crippen LogP contribution in [0.3, 0.4) is 0 Å². The van der Waals surface area contributed by atoms with Gasteiger partial charge in [0.05, 0.1) is 13.7 Å². The zero-order valence-corrected chi connectivity index (χ0v) is 12.0. The third kappa shape index (κ3) is 3.08. The summed E-state index contributed by atoms with van der Waals surface area (Å²) in [6.45, 7) is 3.86. The van der Waals surface area contributed by atoms with E-state index < -0.39 is 0 Å². The number of ether oxygens (including phenoxy) is 2. The van der Waals surface area contributed by atoms with Crippen molar-refractivity contribution >= 4 is 0 Å². The molecule has 0 aliphatic carbocycles. The summed E-state index contributed by atoms with van der Waals surface area (Å²) in [6.07, 6.45) is 2.56. The number of rotatable bonds is 5. The Bertz CT molecular complexity index is 596. The Morgan fingerprint density at radius 3 is 2.60 bits per heavy atom. The molecule has 0 saturated heterocycles. The van der Waals surface area contributed by atoms with E-state index in [0.717, 1.165) is 12.1 Å². The minimum atomic E-state index is -0.113. The Morgan fingerprint density at radius 1 is 1.15 bits per heavy atom. The van der Waals surface area contributed by atoms with Crippen LogP contribution in [0.5, 0.6) is 17.2 Å². The van der Waals surface area contributed by atoms with Crippen molar-refractivity contribution in [3.05, 3.63) is 47.3 Å². The molecule has 0 unspecified atom stereocenters. The van der Waals surface area contributed by atoms with Crippen molar-refractivity contribution in [2.75, 3.05) is 7.11 Å². The van der Waals surface area contributed by atoms with Crippen LogP contribution in [0.25, 0.3) is 0 Å². The summed E-state index contributed by atoms with van der Waals surface area (Å²) in [4.78, 5) is 4.15. The Balaban J connectivity index is 2.36. The number of hydrogen-bond acceptors (Lipinski definition) is 4. The molecule has 1 aromatic heterocycles. The molecule has 4 nitrogen and oxygen atoms in total. The van der Waals surface area contributed by atoms with Crippen LogP contribution in [0.1, 0.15) is 23.7 Å². The van der Waals surface area contributed by atoms with Crippen LogP contribution in [0.2, 0.25) is 0 Å². The van der Waals surface area contributed by atoms with Crippen molar-refractivity contribution in [1.29, 1.82) is 0 Å². The molecule has 2 aromatic rings. The average molecular weight is 273 g/mol. The van der Waals surface area contributed by atoms with Gasteiger partial charge in [0, 0.05) is 23.5 Å². The van der Waals surface area contributed by atoms with Gasteiger partial charge in [-0.1, -0.05) is 13.0 Å². The molecule has 0 aliphatic heterocycles. The predicted molar refractivity (Wildman–Crippen MR) is 77.3 cm³/mol. The van der Waals surface area contributed by atoms with Crippen molar-refractivity contribution < 1.29 is 14.6 Å². The first-order chi connectivity index (χ1) is 9.67. The molecule has 0 radical (unpaired) electrons. The Kier molecular flexibility index (Phi) is 4.58. The second kappa shape index (κ2) is 6.39. The van der Waals surface area contributed by atoms with Crippen LogP contribution in [0.4, 0.5) is 0 Å². The molecule has 1 heterocycles. The fourth-order valence-corrected chi connectivity index (χ4v) is 1.91. The molecule has 4 heteroatoms. The highest BCUT2D eigenvalue weighted by Gasteiger charge is 2.10. The maximum atomic E-state index is 9.34. The van der Waals surface area contributed by atoms with Gasteiger partial charge in [-0.2, -0.15) is 0 Å². The summed E-state index contributed by atoms with van der Waals surface area (Å²) in [7, 11) is 1.62. The molecule has 0 saturated carbocycles. The van der Waals surface area contributed by atoms with Gasteiger partial charge in [-0.05, 0) is 31.0 Å². The molecular formula is C16H19NO3. The monoisotopic (exact) mass is 273 g/mol. The first-order valence-corrected chi connectivity index (χ1v) is 6.59. The zero-order valence-electron chi connectivity index (χ0n) is 12.0. The molecule has 2 rings (SSSR count). The standard InChI is InChI=1S/C16H19NO3/c1-4-12-5-6-14(16(8-12)19-3)20-15-7-11(2)17-9-13(15)10-18/h5-9,18H,4,10H2,1-3H3. The molecule has 20 heavy (non-hydrogen) atoms. The number of pyridine rings is 1. The maximum Gasteiger partial charge on any atom is 0.169 e.